The van der Waals surface area contributed by atoms with E-state index in [1.165, 1.54) is 23.1 Å². The lowest BCUT2D eigenvalue weighted by Crippen LogP contribution is -2.37. The molecule has 1 unspecified atom stereocenters. The van der Waals surface area contributed by atoms with Gasteiger partial charge in [-0.3, -0.25) is 9.59 Å². The van der Waals surface area contributed by atoms with E-state index in [9.17, 15) is 18.0 Å². The van der Waals surface area contributed by atoms with Crippen LogP contribution in [0.1, 0.15) is 19.8 Å². The summed E-state index contributed by atoms with van der Waals surface area (Å²) < 4.78 is 22.9. The summed E-state index contributed by atoms with van der Waals surface area (Å²) in [5.74, 6) is -0.829. The van der Waals surface area contributed by atoms with Crippen LogP contribution in [-0.2, 0) is 19.6 Å². The molecule has 138 valence electrons. The molecule has 2 rings (SSSR count). The Morgan fingerprint density at radius 1 is 1.32 bits per heavy atom. The number of anilines is 1. The van der Waals surface area contributed by atoms with Gasteiger partial charge in [-0.25, -0.2) is 13.6 Å². The summed E-state index contributed by atoms with van der Waals surface area (Å²) in [5, 5.41) is 11.1. The number of nitrogens with one attached hydrogen (secondary N) is 2. The SMILES string of the molecule is CCCNCCNC(=O)C1CC(=O)N(c2cccc(S(N)(=O)=O)c2)C1. The van der Waals surface area contributed by atoms with Crippen molar-refractivity contribution < 1.29 is 18.0 Å². The molecule has 1 heterocycles. The molecular formula is C16H24N4O4S. The van der Waals surface area contributed by atoms with Crippen molar-refractivity contribution in [2.24, 2.45) is 11.1 Å². The normalized spacial score (nSPS) is 17.8. The third kappa shape index (κ3) is 5.25. The molecule has 1 atom stereocenters. The number of amides is 2. The average Bonchev–Trinajstić information content (AvgIpc) is 2.96. The fraction of sp³-hybridized carbons (Fsp3) is 0.500. The first kappa shape index (κ1) is 19.4. The van der Waals surface area contributed by atoms with Crippen LogP contribution >= 0.6 is 0 Å². The number of benzene rings is 1. The molecule has 1 saturated heterocycles. The van der Waals surface area contributed by atoms with Crippen LogP contribution in [0, 0.1) is 5.92 Å². The Morgan fingerprint density at radius 2 is 2.08 bits per heavy atom. The lowest BCUT2D eigenvalue weighted by Gasteiger charge is -2.17. The number of nitrogens with zero attached hydrogens (tertiary/aromatic N) is 1. The second-order valence-electron chi connectivity index (χ2n) is 5.99. The van der Waals surface area contributed by atoms with Crippen LogP contribution < -0.4 is 20.7 Å². The van der Waals surface area contributed by atoms with Crippen molar-refractivity contribution >= 4 is 27.5 Å². The van der Waals surface area contributed by atoms with Crippen molar-refractivity contribution in [3.8, 4) is 0 Å². The quantitative estimate of drug-likeness (QED) is 0.549. The van der Waals surface area contributed by atoms with E-state index in [1.54, 1.807) is 6.07 Å². The predicted molar refractivity (Wildman–Crippen MR) is 94.4 cm³/mol. The fourth-order valence-electron chi connectivity index (χ4n) is 2.68. The Morgan fingerprint density at radius 3 is 2.76 bits per heavy atom. The van der Waals surface area contributed by atoms with E-state index in [2.05, 4.69) is 17.6 Å². The molecule has 0 aromatic heterocycles. The first-order valence-electron chi connectivity index (χ1n) is 8.24. The molecule has 1 fully saturated rings. The number of carbonyl (C=O) groups excluding carboxylic acids is 2. The molecule has 0 bridgehead atoms. The van der Waals surface area contributed by atoms with Gasteiger partial charge in [0, 0.05) is 31.7 Å². The number of rotatable bonds is 8. The van der Waals surface area contributed by atoms with Gasteiger partial charge >= 0.3 is 0 Å². The van der Waals surface area contributed by atoms with Crippen LogP contribution in [0.25, 0.3) is 0 Å². The van der Waals surface area contributed by atoms with E-state index < -0.39 is 15.9 Å². The Balaban J connectivity index is 1.97. The third-order valence-electron chi connectivity index (χ3n) is 3.98. The molecule has 0 radical (unpaired) electrons. The van der Waals surface area contributed by atoms with E-state index in [-0.39, 0.29) is 29.7 Å². The van der Waals surface area contributed by atoms with Gasteiger partial charge in [0.1, 0.15) is 0 Å². The lowest BCUT2D eigenvalue weighted by molar-refractivity contribution is -0.126. The summed E-state index contributed by atoms with van der Waals surface area (Å²) in [4.78, 5) is 25.8. The largest absolute Gasteiger partial charge is 0.355 e. The second kappa shape index (κ2) is 8.41. The fourth-order valence-corrected chi connectivity index (χ4v) is 3.23. The zero-order valence-electron chi connectivity index (χ0n) is 14.2. The Labute approximate surface area is 147 Å². The molecule has 8 nitrogen and oxygen atoms in total. The topological polar surface area (TPSA) is 122 Å². The van der Waals surface area contributed by atoms with Gasteiger partial charge in [0.2, 0.25) is 21.8 Å². The van der Waals surface area contributed by atoms with Gasteiger partial charge in [0.25, 0.3) is 0 Å². The number of sulfonamides is 1. The van der Waals surface area contributed by atoms with Gasteiger partial charge in [0.05, 0.1) is 10.8 Å². The Kier molecular flexibility index (Phi) is 6.51. The van der Waals surface area contributed by atoms with Crippen LogP contribution in [-0.4, -0.2) is 46.4 Å². The maximum Gasteiger partial charge on any atom is 0.238 e. The Bertz CT molecular complexity index is 735. The predicted octanol–water partition coefficient (Wildman–Crippen LogP) is -0.197. The molecule has 1 aliphatic rings. The summed E-state index contributed by atoms with van der Waals surface area (Å²) in [5.41, 5.74) is 0.427. The van der Waals surface area contributed by atoms with Gasteiger partial charge in [-0.15, -0.1) is 0 Å². The second-order valence-corrected chi connectivity index (χ2v) is 7.55. The minimum absolute atomic E-state index is 0.0623. The molecule has 1 aliphatic heterocycles. The summed E-state index contributed by atoms with van der Waals surface area (Å²) >= 11 is 0. The summed E-state index contributed by atoms with van der Waals surface area (Å²) in [6.45, 7) is 4.37. The molecule has 0 saturated carbocycles. The first-order chi connectivity index (χ1) is 11.8. The molecule has 1 aromatic rings. The Hall–Kier alpha value is -1.97. The van der Waals surface area contributed by atoms with Crippen LogP contribution in [0.2, 0.25) is 0 Å². The van der Waals surface area contributed by atoms with Crippen molar-refractivity contribution in [3.63, 3.8) is 0 Å². The number of carbonyl (C=O) groups is 2. The van der Waals surface area contributed by atoms with Gasteiger partial charge in [-0.2, -0.15) is 0 Å². The van der Waals surface area contributed by atoms with Crippen LogP contribution in [0.4, 0.5) is 5.69 Å². The van der Waals surface area contributed by atoms with Crippen molar-refractivity contribution in [2.45, 2.75) is 24.7 Å². The summed E-state index contributed by atoms with van der Waals surface area (Å²) in [7, 11) is -3.85. The lowest BCUT2D eigenvalue weighted by atomic mass is 10.1. The number of primary sulfonamides is 1. The molecular weight excluding hydrogens is 344 g/mol. The molecule has 0 spiro atoms. The van der Waals surface area contributed by atoms with Gasteiger partial charge in [-0.1, -0.05) is 13.0 Å². The highest BCUT2D eigenvalue weighted by Crippen LogP contribution is 2.26. The zero-order chi connectivity index (χ0) is 18.4. The minimum Gasteiger partial charge on any atom is -0.355 e. The molecule has 4 N–H and O–H groups in total. The van der Waals surface area contributed by atoms with Gasteiger partial charge in [-0.05, 0) is 31.2 Å². The van der Waals surface area contributed by atoms with E-state index >= 15 is 0 Å². The smallest absolute Gasteiger partial charge is 0.238 e. The highest BCUT2D eigenvalue weighted by molar-refractivity contribution is 7.89. The van der Waals surface area contributed by atoms with Crippen LogP contribution in [0.3, 0.4) is 0 Å². The molecule has 9 heteroatoms. The van der Waals surface area contributed by atoms with E-state index in [4.69, 9.17) is 5.14 Å². The highest BCUT2D eigenvalue weighted by atomic mass is 32.2. The molecule has 0 aliphatic carbocycles. The molecule has 2 amide bonds. The minimum atomic E-state index is -3.85. The van der Waals surface area contributed by atoms with Gasteiger partial charge in [0.15, 0.2) is 0 Å². The van der Waals surface area contributed by atoms with Crippen molar-refractivity contribution in [2.75, 3.05) is 31.1 Å². The standard InChI is InChI=1S/C16H24N4O4S/c1-2-6-18-7-8-19-16(22)12-9-15(21)20(11-12)13-4-3-5-14(10-13)25(17,23)24/h3-5,10,12,18H,2,6-9,11H2,1H3,(H,19,22)(H2,17,23,24). The molecule has 25 heavy (non-hydrogen) atoms. The maximum atomic E-state index is 12.2. The average molecular weight is 368 g/mol. The van der Waals surface area contributed by atoms with E-state index in [0.717, 1.165) is 13.0 Å². The number of hydrogen-bond acceptors (Lipinski definition) is 5. The monoisotopic (exact) mass is 368 g/mol. The summed E-state index contributed by atoms with van der Waals surface area (Å²) in [6.07, 6.45) is 1.13. The van der Waals surface area contributed by atoms with Crippen molar-refractivity contribution in [1.82, 2.24) is 10.6 Å². The van der Waals surface area contributed by atoms with Crippen LogP contribution in [0.5, 0.6) is 0 Å². The van der Waals surface area contributed by atoms with Crippen molar-refractivity contribution in [1.29, 1.82) is 0 Å². The van der Waals surface area contributed by atoms with E-state index in [1.807, 2.05) is 0 Å². The number of hydrogen-bond donors (Lipinski definition) is 3. The zero-order valence-corrected chi connectivity index (χ0v) is 15.0. The summed E-state index contributed by atoms with van der Waals surface area (Å²) in [6, 6.07) is 5.87. The third-order valence-corrected chi connectivity index (χ3v) is 4.89. The highest BCUT2D eigenvalue weighted by Gasteiger charge is 2.35. The van der Waals surface area contributed by atoms with Gasteiger partial charge < -0.3 is 15.5 Å². The number of nitrogens with two attached hydrogens (primary N) is 1. The van der Waals surface area contributed by atoms with Crippen molar-refractivity contribution in [3.05, 3.63) is 24.3 Å². The first-order valence-corrected chi connectivity index (χ1v) is 9.79. The van der Waals surface area contributed by atoms with Crippen LogP contribution in [0.15, 0.2) is 29.2 Å². The molecule has 1 aromatic carbocycles. The maximum absolute atomic E-state index is 12.2. The van der Waals surface area contributed by atoms with E-state index in [0.29, 0.717) is 18.8 Å².